The van der Waals surface area contributed by atoms with Crippen LogP contribution < -0.4 is 9.73 Å². The minimum absolute atomic E-state index is 0.0411. The van der Waals surface area contributed by atoms with Gasteiger partial charge >= 0.3 is 0 Å². The number of sulfonamides is 1. The number of benzene rings is 3. The van der Waals surface area contributed by atoms with E-state index in [-0.39, 0.29) is 16.3 Å². The summed E-state index contributed by atoms with van der Waals surface area (Å²) in [5.41, 5.74) is 5.06. The molecule has 13 heteroatoms. The Bertz CT molecular complexity index is 1720. The Labute approximate surface area is 240 Å². The molecule has 1 heterocycles. The first-order valence-corrected chi connectivity index (χ1v) is 14.0. The van der Waals surface area contributed by atoms with Gasteiger partial charge < -0.3 is 4.57 Å². The fraction of sp³-hybridized carbons (Fsp3) is 0.111. The predicted octanol–water partition coefficient (Wildman–Crippen LogP) is 5.65. The Morgan fingerprint density at radius 1 is 1.05 bits per heavy atom. The highest BCUT2D eigenvalue weighted by Gasteiger charge is 2.28. The van der Waals surface area contributed by atoms with Gasteiger partial charge in [0.05, 0.1) is 32.4 Å². The molecule has 0 radical (unpaired) electrons. The SMILES string of the molecule is Cc1cc(/C=N\NC(=O)CN(c2cccc([N+](=O)[O-])c2)S(=O)(=O)c2ccccc2)c(C)n1-c1ccc(Cl)cc1Cl. The minimum Gasteiger partial charge on any atom is -0.316 e. The van der Waals surface area contributed by atoms with Gasteiger partial charge in [-0.25, -0.2) is 13.8 Å². The van der Waals surface area contributed by atoms with Crippen molar-refractivity contribution in [1.29, 1.82) is 0 Å². The van der Waals surface area contributed by atoms with E-state index in [0.717, 1.165) is 27.4 Å². The second kappa shape index (κ2) is 11.9. The maximum absolute atomic E-state index is 13.4. The summed E-state index contributed by atoms with van der Waals surface area (Å²) in [6.45, 7) is 3.08. The van der Waals surface area contributed by atoms with Crippen LogP contribution in [0.3, 0.4) is 0 Å². The molecule has 0 saturated heterocycles. The highest BCUT2D eigenvalue weighted by molar-refractivity contribution is 7.92. The molecule has 0 spiro atoms. The maximum Gasteiger partial charge on any atom is 0.271 e. The van der Waals surface area contributed by atoms with Crippen LogP contribution >= 0.6 is 23.2 Å². The molecule has 0 aliphatic rings. The molecule has 4 aromatic rings. The molecule has 1 amide bonds. The fourth-order valence-electron chi connectivity index (χ4n) is 4.09. The average molecular weight is 600 g/mol. The Morgan fingerprint density at radius 2 is 1.77 bits per heavy atom. The van der Waals surface area contributed by atoms with Gasteiger partial charge in [-0.1, -0.05) is 47.5 Å². The lowest BCUT2D eigenvalue weighted by Crippen LogP contribution is -2.39. The molecule has 206 valence electrons. The van der Waals surface area contributed by atoms with E-state index in [0.29, 0.717) is 15.6 Å². The summed E-state index contributed by atoms with van der Waals surface area (Å²) in [6, 6.07) is 19.5. The summed E-state index contributed by atoms with van der Waals surface area (Å²) in [5.74, 6) is -0.753. The molecule has 1 aromatic heterocycles. The number of nitro benzene ring substituents is 1. The summed E-state index contributed by atoms with van der Waals surface area (Å²) >= 11 is 12.4. The molecule has 40 heavy (non-hydrogen) atoms. The van der Waals surface area contributed by atoms with Crippen LogP contribution in [-0.4, -0.2) is 36.6 Å². The number of non-ortho nitro benzene ring substituents is 1. The number of anilines is 1. The summed E-state index contributed by atoms with van der Waals surface area (Å²) in [5, 5.41) is 16.3. The number of amides is 1. The Morgan fingerprint density at radius 3 is 2.45 bits per heavy atom. The van der Waals surface area contributed by atoms with Gasteiger partial charge in [-0.05, 0) is 56.3 Å². The fourth-order valence-corrected chi connectivity index (χ4v) is 6.01. The Balaban J connectivity index is 1.58. The average Bonchev–Trinajstić information content (AvgIpc) is 3.20. The van der Waals surface area contributed by atoms with Crippen molar-refractivity contribution in [1.82, 2.24) is 9.99 Å². The zero-order valence-electron chi connectivity index (χ0n) is 21.3. The molecular weight excluding hydrogens is 577 g/mol. The zero-order valence-corrected chi connectivity index (χ0v) is 23.6. The summed E-state index contributed by atoms with van der Waals surface area (Å²) < 4.78 is 29.6. The van der Waals surface area contributed by atoms with Crippen LogP contribution in [0.5, 0.6) is 0 Å². The molecule has 3 aromatic carbocycles. The van der Waals surface area contributed by atoms with E-state index in [1.165, 1.54) is 48.7 Å². The van der Waals surface area contributed by atoms with E-state index < -0.39 is 27.4 Å². The molecule has 10 nitrogen and oxygen atoms in total. The number of nitrogens with zero attached hydrogens (tertiary/aromatic N) is 4. The Hall–Kier alpha value is -4.19. The van der Waals surface area contributed by atoms with E-state index in [2.05, 4.69) is 10.5 Å². The summed E-state index contributed by atoms with van der Waals surface area (Å²) in [4.78, 5) is 23.4. The number of rotatable bonds is 9. The first kappa shape index (κ1) is 28.8. The van der Waals surface area contributed by atoms with Gasteiger partial charge in [0.25, 0.3) is 21.6 Å². The molecule has 0 aliphatic carbocycles. The van der Waals surface area contributed by atoms with Crippen molar-refractivity contribution in [3.05, 3.63) is 116 Å². The van der Waals surface area contributed by atoms with E-state index >= 15 is 0 Å². The largest absolute Gasteiger partial charge is 0.316 e. The highest BCUT2D eigenvalue weighted by Crippen LogP contribution is 2.29. The van der Waals surface area contributed by atoms with Gasteiger partial charge in [0, 0.05) is 34.1 Å². The molecule has 0 unspecified atom stereocenters. The number of carbonyl (C=O) groups is 1. The molecule has 0 atom stereocenters. The van der Waals surface area contributed by atoms with Crippen LogP contribution in [-0.2, 0) is 14.8 Å². The first-order valence-electron chi connectivity index (χ1n) is 11.8. The van der Waals surface area contributed by atoms with Gasteiger partial charge in [-0.3, -0.25) is 19.2 Å². The van der Waals surface area contributed by atoms with Gasteiger partial charge in [0.15, 0.2) is 0 Å². The highest BCUT2D eigenvalue weighted by atomic mass is 35.5. The summed E-state index contributed by atoms with van der Waals surface area (Å²) in [7, 11) is -4.24. The number of hydrogen-bond acceptors (Lipinski definition) is 6. The van der Waals surface area contributed by atoms with Gasteiger partial charge in [0.1, 0.15) is 6.54 Å². The number of aryl methyl sites for hydroxylation is 1. The van der Waals surface area contributed by atoms with Crippen LogP contribution in [0.25, 0.3) is 5.69 Å². The first-order chi connectivity index (χ1) is 19.0. The second-order valence-electron chi connectivity index (χ2n) is 8.65. The van der Waals surface area contributed by atoms with E-state index in [1.54, 1.807) is 24.3 Å². The van der Waals surface area contributed by atoms with Gasteiger partial charge in [0.2, 0.25) is 0 Å². The van der Waals surface area contributed by atoms with E-state index in [9.17, 15) is 23.3 Å². The van der Waals surface area contributed by atoms with Crippen molar-refractivity contribution in [2.75, 3.05) is 10.8 Å². The monoisotopic (exact) mass is 599 g/mol. The van der Waals surface area contributed by atoms with Crippen LogP contribution in [0.1, 0.15) is 17.0 Å². The number of nitro groups is 1. The van der Waals surface area contributed by atoms with Crippen LogP contribution in [0, 0.1) is 24.0 Å². The van der Waals surface area contributed by atoms with E-state index in [1.807, 2.05) is 24.5 Å². The number of nitrogens with one attached hydrogen (secondary N) is 1. The van der Waals surface area contributed by atoms with Crippen molar-refractivity contribution in [3.8, 4) is 5.69 Å². The molecule has 0 bridgehead atoms. The lowest BCUT2D eigenvalue weighted by atomic mass is 10.2. The number of hydrazone groups is 1. The molecule has 1 N–H and O–H groups in total. The number of carbonyl (C=O) groups excluding carboxylic acids is 1. The molecular formula is C27H23Cl2N5O5S. The topological polar surface area (TPSA) is 127 Å². The second-order valence-corrected chi connectivity index (χ2v) is 11.4. The van der Waals surface area contributed by atoms with Crippen LogP contribution in [0.15, 0.2) is 88.9 Å². The number of aromatic nitrogens is 1. The lowest BCUT2D eigenvalue weighted by Gasteiger charge is -2.23. The minimum atomic E-state index is -4.24. The Kier molecular flexibility index (Phi) is 8.58. The van der Waals surface area contributed by atoms with Crippen molar-refractivity contribution < 1.29 is 18.1 Å². The number of hydrogen-bond donors (Lipinski definition) is 1. The summed E-state index contributed by atoms with van der Waals surface area (Å²) in [6.07, 6.45) is 1.43. The third-order valence-electron chi connectivity index (χ3n) is 5.96. The number of halogens is 2. The van der Waals surface area contributed by atoms with Crippen molar-refractivity contribution in [2.45, 2.75) is 18.7 Å². The van der Waals surface area contributed by atoms with Gasteiger partial charge in [-0.15, -0.1) is 0 Å². The van der Waals surface area contributed by atoms with Gasteiger partial charge in [-0.2, -0.15) is 5.10 Å². The lowest BCUT2D eigenvalue weighted by molar-refractivity contribution is -0.384. The van der Waals surface area contributed by atoms with Crippen molar-refractivity contribution >= 4 is 56.7 Å². The zero-order chi connectivity index (χ0) is 29.0. The molecule has 0 fully saturated rings. The molecule has 4 rings (SSSR count). The third-order valence-corrected chi connectivity index (χ3v) is 8.29. The predicted molar refractivity (Wildman–Crippen MR) is 155 cm³/mol. The van der Waals surface area contributed by atoms with Crippen LogP contribution in [0.4, 0.5) is 11.4 Å². The van der Waals surface area contributed by atoms with Crippen molar-refractivity contribution in [3.63, 3.8) is 0 Å². The standard InChI is InChI=1S/C27H23Cl2N5O5S/c1-18-13-20(19(2)33(18)26-12-11-21(28)14-25(26)29)16-30-31-27(35)17-32(22-7-6-8-23(15-22)34(36)37)40(38,39)24-9-4-3-5-10-24/h3-16H,17H2,1-2H3,(H,31,35)/b30-16-. The molecule has 0 saturated carbocycles. The maximum atomic E-state index is 13.4. The third kappa shape index (κ3) is 6.17. The van der Waals surface area contributed by atoms with E-state index in [4.69, 9.17) is 23.2 Å². The molecule has 0 aliphatic heterocycles. The van der Waals surface area contributed by atoms with Crippen molar-refractivity contribution in [2.24, 2.45) is 5.10 Å². The smallest absolute Gasteiger partial charge is 0.271 e. The van der Waals surface area contributed by atoms with Crippen LogP contribution in [0.2, 0.25) is 10.0 Å². The normalized spacial score (nSPS) is 11.5. The quantitative estimate of drug-likeness (QED) is 0.151.